The Morgan fingerprint density at radius 3 is 2.67 bits per heavy atom. The maximum Gasteiger partial charge on any atom is 0.129 e. The Hall–Kier alpha value is -0.410. The maximum absolute atomic E-state index is 14.1. The van der Waals surface area contributed by atoms with Crippen LogP contribution in [0.2, 0.25) is 0 Å². The molecule has 1 aliphatic rings. The smallest absolute Gasteiger partial charge is 0.129 e. The topological polar surface area (TPSA) is 12.0 Å². The van der Waals surface area contributed by atoms with Crippen LogP contribution in [0.5, 0.6) is 0 Å². The van der Waals surface area contributed by atoms with E-state index in [4.69, 9.17) is 0 Å². The van der Waals surface area contributed by atoms with Crippen molar-refractivity contribution in [3.63, 3.8) is 0 Å². The molecule has 3 heteroatoms. The number of nitrogens with one attached hydrogen (secondary N) is 1. The molecule has 0 saturated heterocycles. The summed E-state index contributed by atoms with van der Waals surface area (Å²) in [6.07, 6.45) is 6.33. The molecule has 1 nitrogen and oxygen atoms in total. The van der Waals surface area contributed by atoms with Crippen molar-refractivity contribution in [3.05, 3.63) is 34.1 Å². The van der Waals surface area contributed by atoms with Crippen molar-refractivity contribution >= 4 is 15.9 Å². The molecule has 0 radical (unpaired) electrons. The molecule has 18 heavy (non-hydrogen) atoms. The van der Waals surface area contributed by atoms with Gasteiger partial charge in [-0.15, -0.1) is 0 Å². The van der Waals surface area contributed by atoms with E-state index in [1.54, 1.807) is 6.07 Å². The minimum absolute atomic E-state index is 0.0964. The lowest BCUT2D eigenvalue weighted by molar-refractivity contribution is 0.269. The van der Waals surface area contributed by atoms with Crippen molar-refractivity contribution in [2.45, 2.75) is 45.1 Å². The fraction of sp³-hybridized carbons (Fsp3) is 0.600. The Balaban J connectivity index is 2.22. The largest absolute Gasteiger partial charge is 0.310 e. The summed E-state index contributed by atoms with van der Waals surface area (Å²) in [5.74, 6) is 0.482. The zero-order chi connectivity index (χ0) is 13.0. The molecule has 0 aromatic heterocycles. The van der Waals surface area contributed by atoms with Crippen LogP contribution in [0.1, 0.15) is 50.6 Å². The second-order valence-electron chi connectivity index (χ2n) is 5.10. The van der Waals surface area contributed by atoms with Crippen LogP contribution < -0.4 is 5.32 Å². The number of rotatable bonds is 4. The molecule has 0 bridgehead atoms. The molecule has 0 heterocycles. The zero-order valence-electron chi connectivity index (χ0n) is 10.9. The molecule has 100 valence electrons. The molecule has 1 unspecified atom stereocenters. The number of halogens is 2. The van der Waals surface area contributed by atoms with Crippen molar-refractivity contribution in [2.24, 2.45) is 5.92 Å². The van der Waals surface area contributed by atoms with E-state index in [1.165, 1.54) is 32.1 Å². The first kappa shape index (κ1) is 14.0. The highest BCUT2D eigenvalue weighted by molar-refractivity contribution is 9.10. The Bertz CT molecular complexity index is 388. The van der Waals surface area contributed by atoms with Crippen molar-refractivity contribution in [3.8, 4) is 0 Å². The van der Waals surface area contributed by atoms with E-state index in [2.05, 4.69) is 28.2 Å². The second kappa shape index (κ2) is 6.67. The van der Waals surface area contributed by atoms with Gasteiger partial charge in [-0.1, -0.05) is 48.2 Å². The third-order valence-corrected chi connectivity index (χ3v) is 4.34. The average molecular weight is 314 g/mol. The Morgan fingerprint density at radius 1 is 1.33 bits per heavy atom. The summed E-state index contributed by atoms with van der Waals surface area (Å²) in [5, 5.41) is 3.47. The predicted octanol–water partition coefficient (Wildman–Crippen LogP) is 4.82. The quantitative estimate of drug-likeness (QED) is 0.840. The molecule has 2 rings (SSSR count). The van der Waals surface area contributed by atoms with Crippen LogP contribution in [-0.2, 0) is 0 Å². The maximum atomic E-state index is 14.1. The fourth-order valence-electron chi connectivity index (χ4n) is 2.97. The Kier molecular flexibility index (Phi) is 5.19. The molecule has 1 aliphatic carbocycles. The Morgan fingerprint density at radius 2 is 2.06 bits per heavy atom. The van der Waals surface area contributed by atoms with Crippen LogP contribution in [0, 0.1) is 11.7 Å². The summed E-state index contributed by atoms with van der Waals surface area (Å²) < 4.78 is 14.9. The van der Waals surface area contributed by atoms with E-state index in [9.17, 15) is 4.39 Å². The highest BCUT2D eigenvalue weighted by Gasteiger charge is 2.26. The van der Waals surface area contributed by atoms with Gasteiger partial charge in [0.25, 0.3) is 0 Å². The van der Waals surface area contributed by atoms with Gasteiger partial charge < -0.3 is 5.32 Å². The normalized spacial score (nSPS) is 18.8. The molecule has 0 amide bonds. The van der Waals surface area contributed by atoms with E-state index >= 15 is 0 Å². The lowest BCUT2D eigenvalue weighted by Gasteiger charge is -2.31. The molecule has 1 fully saturated rings. The lowest BCUT2D eigenvalue weighted by atomic mass is 9.81. The summed E-state index contributed by atoms with van der Waals surface area (Å²) in [6, 6.07) is 5.60. The summed E-state index contributed by atoms with van der Waals surface area (Å²) in [5.41, 5.74) is 0.826. The van der Waals surface area contributed by atoms with E-state index in [-0.39, 0.29) is 11.9 Å². The summed E-state index contributed by atoms with van der Waals surface area (Å²) >= 11 is 3.32. The monoisotopic (exact) mass is 313 g/mol. The van der Waals surface area contributed by atoms with Crippen LogP contribution in [0.3, 0.4) is 0 Å². The predicted molar refractivity (Wildman–Crippen MR) is 77.1 cm³/mol. The first-order valence-electron chi connectivity index (χ1n) is 6.90. The molecule has 1 aromatic rings. The SMILES string of the molecule is CCNC(c1ccc(Br)cc1F)C1CCCCC1. The van der Waals surface area contributed by atoms with Crippen molar-refractivity contribution in [1.82, 2.24) is 5.32 Å². The van der Waals surface area contributed by atoms with Crippen molar-refractivity contribution in [2.75, 3.05) is 6.54 Å². The molecule has 1 N–H and O–H groups in total. The van der Waals surface area contributed by atoms with E-state index < -0.39 is 0 Å². The lowest BCUT2D eigenvalue weighted by Crippen LogP contribution is -2.30. The van der Waals surface area contributed by atoms with Gasteiger partial charge in [-0.2, -0.15) is 0 Å². The van der Waals surface area contributed by atoms with Crippen LogP contribution in [0.4, 0.5) is 4.39 Å². The van der Waals surface area contributed by atoms with Crippen LogP contribution in [0.15, 0.2) is 22.7 Å². The standard InChI is InChI=1S/C15H21BrFN/c1-2-18-15(11-6-4-3-5-7-11)13-9-8-12(16)10-14(13)17/h8-11,15,18H,2-7H2,1H3. The van der Waals surface area contributed by atoms with Gasteiger partial charge in [0.05, 0.1) is 0 Å². The van der Waals surface area contributed by atoms with Gasteiger partial charge in [-0.05, 0) is 37.4 Å². The van der Waals surface area contributed by atoms with Gasteiger partial charge in [0.2, 0.25) is 0 Å². The summed E-state index contributed by atoms with van der Waals surface area (Å²) in [4.78, 5) is 0. The van der Waals surface area contributed by atoms with E-state index in [0.717, 1.165) is 16.6 Å². The van der Waals surface area contributed by atoms with Crippen LogP contribution in [-0.4, -0.2) is 6.54 Å². The molecular weight excluding hydrogens is 293 g/mol. The third-order valence-electron chi connectivity index (χ3n) is 3.84. The minimum atomic E-state index is -0.0964. The van der Waals surface area contributed by atoms with Gasteiger partial charge in [0.1, 0.15) is 5.82 Å². The van der Waals surface area contributed by atoms with E-state index in [1.807, 2.05) is 12.1 Å². The first-order chi connectivity index (χ1) is 8.72. The molecule has 1 atom stereocenters. The minimum Gasteiger partial charge on any atom is -0.310 e. The fourth-order valence-corrected chi connectivity index (χ4v) is 3.30. The summed E-state index contributed by atoms with van der Waals surface area (Å²) in [6.45, 7) is 2.98. The van der Waals surface area contributed by atoms with Crippen molar-refractivity contribution in [1.29, 1.82) is 0 Å². The van der Waals surface area contributed by atoms with Gasteiger partial charge in [0.15, 0.2) is 0 Å². The highest BCUT2D eigenvalue weighted by Crippen LogP contribution is 2.35. The average Bonchev–Trinajstić information content (AvgIpc) is 2.38. The highest BCUT2D eigenvalue weighted by atomic mass is 79.9. The molecule has 1 saturated carbocycles. The van der Waals surface area contributed by atoms with E-state index in [0.29, 0.717) is 5.92 Å². The molecule has 0 spiro atoms. The van der Waals surface area contributed by atoms with Crippen LogP contribution >= 0.6 is 15.9 Å². The van der Waals surface area contributed by atoms with Gasteiger partial charge in [-0.3, -0.25) is 0 Å². The van der Waals surface area contributed by atoms with Gasteiger partial charge in [-0.25, -0.2) is 4.39 Å². The van der Waals surface area contributed by atoms with Crippen molar-refractivity contribution < 1.29 is 4.39 Å². The van der Waals surface area contributed by atoms with Gasteiger partial charge in [0, 0.05) is 16.1 Å². The first-order valence-corrected chi connectivity index (χ1v) is 7.70. The number of benzene rings is 1. The van der Waals surface area contributed by atoms with Gasteiger partial charge >= 0.3 is 0 Å². The second-order valence-corrected chi connectivity index (χ2v) is 6.01. The zero-order valence-corrected chi connectivity index (χ0v) is 12.5. The number of hydrogen-bond acceptors (Lipinski definition) is 1. The molecule has 1 aromatic carbocycles. The molecule has 0 aliphatic heterocycles. The number of hydrogen-bond donors (Lipinski definition) is 1. The van der Waals surface area contributed by atoms with Crippen LogP contribution in [0.25, 0.3) is 0 Å². The third kappa shape index (κ3) is 3.33. The summed E-state index contributed by atoms with van der Waals surface area (Å²) in [7, 11) is 0. The Labute approximate surface area is 117 Å². The molecular formula is C15H21BrFN.